The second-order valence-corrected chi connectivity index (χ2v) is 6.62. The third kappa shape index (κ3) is 4.42. The normalized spacial score (nSPS) is 10.7. The predicted octanol–water partition coefficient (Wildman–Crippen LogP) is 2.32. The number of pyridine rings is 1. The lowest BCUT2D eigenvalue weighted by atomic mass is 10.2. The van der Waals surface area contributed by atoms with Gasteiger partial charge in [-0.1, -0.05) is 11.1 Å². The van der Waals surface area contributed by atoms with Crippen molar-refractivity contribution in [2.75, 3.05) is 18.5 Å². The third-order valence-electron chi connectivity index (χ3n) is 4.50. The summed E-state index contributed by atoms with van der Waals surface area (Å²) in [6, 6.07) is 11.1. The first-order valence-corrected chi connectivity index (χ1v) is 9.08. The van der Waals surface area contributed by atoms with Gasteiger partial charge in [-0.25, -0.2) is 9.37 Å². The number of rotatable bonds is 5. The Kier molecular flexibility index (Phi) is 5.22. The molecular formula is C21H19FN6O. The molecule has 29 heavy (non-hydrogen) atoms. The van der Waals surface area contributed by atoms with Crippen molar-refractivity contribution < 1.29 is 9.50 Å². The van der Waals surface area contributed by atoms with Gasteiger partial charge in [-0.15, -0.1) is 5.10 Å². The van der Waals surface area contributed by atoms with E-state index in [0.29, 0.717) is 29.0 Å². The smallest absolute Gasteiger partial charge is 0.142 e. The molecule has 3 aromatic heterocycles. The number of aliphatic hydroxyl groups is 1. The number of likely N-dealkylation sites (N-methyl/N-ethyl adjacent to an activating group) is 1. The Bertz CT molecular complexity index is 1190. The van der Waals surface area contributed by atoms with Gasteiger partial charge in [-0.2, -0.15) is 0 Å². The summed E-state index contributed by atoms with van der Waals surface area (Å²) in [5, 5.41) is 17.6. The monoisotopic (exact) mass is 390 g/mol. The topological polar surface area (TPSA) is 82.9 Å². The van der Waals surface area contributed by atoms with Crippen LogP contribution in [0.2, 0.25) is 0 Å². The largest absolute Gasteiger partial charge is 0.390 e. The summed E-state index contributed by atoms with van der Waals surface area (Å²) in [6.07, 6.45) is 2.92. The van der Waals surface area contributed by atoms with Crippen LogP contribution in [0, 0.1) is 17.7 Å². The van der Waals surface area contributed by atoms with Crippen molar-refractivity contribution in [1.82, 2.24) is 25.0 Å². The molecule has 8 heteroatoms. The number of aromatic nitrogens is 5. The minimum absolute atomic E-state index is 0.107. The van der Waals surface area contributed by atoms with Gasteiger partial charge in [0.1, 0.15) is 17.2 Å². The van der Waals surface area contributed by atoms with Crippen molar-refractivity contribution in [3.8, 4) is 11.8 Å². The second kappa shape index (κ2) is 8.12. The van der Waals surface area contributed by atoms with Gasteiger partial charge in [-0.05, 0) is 42.3 Å². The lowest BCUT2D eigenvalue weighted by Gasteiger charge is -2.19. The van der Waals surface area contributed by atoms with E-state index < -0.39 is 0 Å². The van der Waals surface area contributed by atoms with Crippen LogP contribution in [0.5, 0.6) is 0 Å². The summed E-state index contributed by atoms with van der Waals surface area (Å²) in [5.41, 5.74) is 3.80. The van der Waals surface area contributed by atoms with Gasteiger partial charge >= 0.3 is 0 Å². The molecule has 0 saturated carbocycles. The van der Waals surface area contributed by atoms with E-state index in [4.69, 9.17) is 5.11 Å². The zero-order chi connectivity index (χ0) is 20.2. The molecule has 0 fully saturated rings. The van der Waals surface area contributed by atoms with E-state index in [0.717, 1.165) is 17.8 Å². The number of hydrogen-bond acceptors (Lipinski definition) is 5. The minimum atomic E-state index is -0.367. The van der Waals surface area contributed by atoms with Gasteiger partial charge < -0.3 is 15.0 Å². The molecule has 0 radical (unpaired) electrons. The number of halogens is 1. The average molecular weight is 390 g/mol. The van der Waals surface area contributed by atoms with Crippen LogP contribution in [-0.2, 0) is 13.2 Å². The maximum Gasteiger partial charge on any atom is 0.142 e. The number of anilines is 1. The molecule has 4 rings (SSSR count). The van der Waals surface area contributed by atoms with Crippen molar-refractivity contribution in [3.63, 3.8) is 0 Å². The zero-order valence-corrected chi connectivity index (χ0v) is 15.8. The number of nitrogens with zero attached hydrogens (tertiary/aromatic N) is 5. The van der Waals surface area contributed by atoms with Crippen LogP contribution in [0.4, 0.5) is 10.1 Å². The zero-order valence-electron chi connectivity index (χ0n) is 15.8. The summed E-state index contributed by atoms with van der Waals surface area (Å²) in [7, 11) is 2.00. The Morgan fingerprint density at radius 2 is 2.03 bits per heavy atom. The van der Waals surface area contributed by atoms with Gasteiger partial charge in [0, 0.05) is 30.2 Å². The summed E-state index contributed by atoms with van der Waals surface area (Å²) in [4.78, 5) is 9.19. The first-order valence-electron chi connectivity index (χ1n) is 9.08. The van der Waals surface area contributed by atoms with Gasteiger partial charge in [0.25, 0.3) is 0 Å². The number of aromatic amines is 1. The Morgan fingerprint density at radius 3 is 2.79 bits per heavy atom. The van der Waals surface area contributed by atoms with Crippen LogP contribution in [0.25, 0.3) is 11.0 Å². The van der Waals surface area contributed by atoms with Crippen LogP contribution in [0.15, 0.2) is 48.8 Å². The molecule has 0 aliphatic carbocycles. The molecule has 0 atom stereocenters. The highest BCUT2D eigenvalue weighted by atomic mass is 19.1. The molecule has 1 aromatic carbocycles. The molecular weight excluding hydrogens is 371 g/mol. The molecule has 0 bridgehead atoms. The molecule has 2 N–H and O–H groups in total. The molecule has 3 heterocycles. The predicted molar refractivity (Wildman–Crippen MR) is 108 cm³/mol. The van der Waals surface area contributed by atoms with E-state index in [1.54, 1.807) is 16.9 Å². The van der Waals surface area contributed by atoms with Crippen molar-refractivity contribution in [2.24, 2.45) is 0 Å². The Morgan fingerprint density at radius 1 is 1.21 bits per heavy atom. The van der Waals surface area contributed by atoms with Gasteiger partial charge in [-0.3, -0.25) is 4.68 Å². The number of hydrogen-bond donors (Lipinski definition) is 2. The van der Waals surface area contributed by atoms with Gasteiger partial charge in [0.15, 0.2) is 0 Å². The number of nitrogens with one attached hydrogen (secondary N) is 1. The summed E-state index contributed by atoms with van der Waals surface area (Å²) in [5.74, 6) is 5.79. The maximum atomic E-state index is 13.2. The SMILES string of the molecule is CN(CCn1cc(CO)nn1)c1ccc(C#Cc2cc3cc(F)cnc3[nH]2)cc1. The van der Waals surface area contributed by atoms with Gasteiger partial charge in [0.05, 0.1) is 31.2 Å². The quantitative estimate of drug-likeness (QED) is 0.511. The molecule has 0 aliphatic rings. The van der Waals surface area contributed by atoms with Crippen molar-refractivity contribution in [3.05, 3.63) is 71.6 Å². The first kappa shape index (κ1) is 18.7. The van der Waals surface area contributed by atoms with Crippen LogP contribution in [0.3, 0.4) is 0 Å². The number of fused-ring (bicyclic) bond motifs is 1. The summed E-state index contributed by atoms with van der Waals surface area (Å²) >= 11 is 0. The molecule has 0 unspecified atom stereocenters. The average Bonchev–Trinajstić information content (AvgIpc) is 3.36. The summed E-state index contributed by atoms with van der Waals surface area (Å²) in [6.45, 7) is 1.31. The van der Waals surface area contributed by atoms with Crippen LogP contribution < -0.4 is 4.90 Å². The lowest BCUT2D eigenvalue weighted by Crippen LogP contribution is -2.22. The molecule has 0 saturated heterocycles. The van der Waals surface area contributed by atoms with E-state index in [2.05, 4.69) is 37.0 Å². The molecule has 0 spiro atoms. The fourth-order valence-electron chi connectivity index (χ4n) is 2.90. The van der Waals surface area contributed by atoms with E-state index in [1.165, 1.54) is 12.3 Å². The van der Waals surface area contributed by atoms with E-state index >= 15 is 0 Å². The number of aliphatic hydroxyl groups excluding tert-OH is 1. The number of H-pyrrole nitrogens is 1. The summed E-state index contributed by atoms with van der Waals surface area (Å²) < 4.78 is 14.9. The van der Waals surface area contributed by atoms with Crippen molar-refractivity contribution in [1.29, 1.82) is 0 Å². The maximum absolute atomic E-state index is 13.2. The highest BCUT2D eigenvalue weighted by Gasteiger charge is 2.04. The second-order valence-electron chi connectivity index (χ2n) is 6.62. The van der Waals surface area contributed by atoms with Crippen molar-refractivity contribution >= 4 is 16.7 Å². The van der Waals surface area contributed by atoms with Crippen LogP contribution >= 0.6 is 0 Å². The Balaban J connectivity index is 1.40. The minimum Gasteiger partial charge on any atom is -0.390 e. The third-order valence-corrected chi connectivity index (χ3v) is 4.50. The first-order chi connectivity index (χ1) is 14.1. The highest BCUT2D eigenvalue weighted by Crippen LogP contribution is 2.15. The molecule has 146 valence electrons. The molecule has 0 aliphatic heterocycles. The van der Waals surface area contributed by atoms with Crippen molar-refractivity contribution in [2.45, 2.75) is 13.2 Å². The number of benzene rings is 1. The van der Waals surface area contributed by atoms with E-state index in [1.807, 2.05) is 31.3 Å². The molecule has 4 aromatic rings. The van der Waals surface area contributed by atoms with E-state index in [-0.39, 0.29) is 12.4 Å². The fourth-order valence-corrected chi connectivity index (χ4v) is 2.90. The van der Waals surface area contributed by atoms with Crippen LogP contribution in [-0.4, -0.2) is 43.7 Å². The molecule has 0 amide bonds. The Hall–Kier alpha value is -3.70. The fraction of sp³-hybridized carbons (Fsp3) is 0.190. The standard InChI is InChI=1S/C21H19FN6O/c1-27(8-9-28-13-19(14-29)25-26-28)20-6-3-15(4-7-20)2-5-18-11-16-10-17(22)12-23-21(16)24-18/h3-4,6-7,10-13,29H,8-9,14H2,1H3,(H,23,24). The van der Waals surface area contributed by atoms with E-state index in [9.17, 15) is 4.39 Å². The highest BCUT2D eigenvalue weighted by molar-refractivity contribution is 5.77. The molecule has 7 nitrogen and oxygen atoms in total. The Labute approximate surface area is 166 Å². The lowest BCUT2D eigenvalue weighted by molar-refractivity contribution is 0.276. The van der Waals surface area contributed by atoms with Gasteiger partial charge in [0.2, 0.25) is 0 Å². The van der Waals surface area contributed by atoms with Crippen LogP contribution in [0.1, 0.15) is 17.0 Å².